The quantitative estimate of drug-likeness (QED) is 0.173. The van der Waals surface area contributed by atoms with Crippen LogP contribution in [-0.4, -0.2) is 4.98 Å². The summed E-state index contributed by atoms with van der Waals surface area (Å²) in [7, 11) is 0. The number of fused-ring (bicyclic) bond motifs is 4. The molecule has 3 nitrogen and oxygen atoms in total. The molecule has 0 spiro atoms. The number of aromatic nitrogens is 1. The van der Waals surface area contributed by atoms with Gasteiger partial charge in [0.2, 0.25) is 5.89 Å². The predicted octanol–water partition coefficient (Wildman–Crippen LogP) is 14.4. The average molecular weight is 695 g/mol. The number of oxazole rings is 1. The highest BCUT2D eigenvalue weighted by molar-refractivity contribution is 6.17. The minimum atomic E-state index is 0.0883. The topological polar surface area (TPSA) is 29.3 Å². The molecule has 0 fully saturated rings. The van der Waals surface area contributed by atoms with E-state index in [9.17, 15) is 0 Å². The van der Waals surface area contributed by atoms with Crippen molar-refractivity contribution >= 4 is 38.6 Å². The van der Waals surface area contributed by atoms with Crippen LogP contribution in [0.5, 0.6) is 0 Å². The van der Waals surface area contributed by atoms with E-state index in [4.69, 9.17) is 9.40 Å². The van der Waals surface area contributed by atoms with Crippen molar-refractivity contribution in [2.24, 2.45) is 0 Å². The van der Waals surface area contributed by atoms with Crippen molar-refractivity contribution in [2.75, 3.05) is 4.90 Å². The zero-order chi connectivity index (χ0) is 36.4. The second kappa shape index (κ2) is 12.5. The van der Waals surface area contributed by atoms with E-state index in [0.717, 1.165) is 50.8 Å². The molecule has 10 rings (SSSR count). The summed E-state index contributed by atoms with van der Waals surface area (Å²) in [4.78, 5) is 7.46. The Balaban J connectivity index is 1.07. The zero-order valence-corrected chi connectivity index (χ0v) is 30.5. The summed E-state index contributed by atoms with van der Waals surface area (Å²) in [5.41, 5.74) is 13.6. The van der Waals surface area contributed by atoms with E-state index in [1.165, 1.54) is 43.8 Å². The van der Waals surface area contributed by atoms with Crippen LogP contribution in [0.1, 0.15) is 26.3 Å². The van der Waals surface area contributed by atoms with Crippen molar-refractivity contribution in [3.8, 4) is 56.3 Å². The molecular weight excluding hydrogens is 657 g/mol. The SMILES string of the molecule is CC(C)(C)c1ccc(-c2nc3c(o2)-c2cccc4c(-c5cccc(N(c6ccc(-c7ccccc7)cc6)c6cccc7ccccc67)c5)ccc-3c24)cc1. The molecule has 0 saturated heterocycles. The Bertz CT molecular complexity index is 2810. The van der Waals surface area contributed by atoms with Gasteiger partial charge in [-0.25, -0.2) is 4.98 Å². The monoisotopic (exact) mass is 694 g/mol. The van der Waals surface area contributed by atoms with Gasteiger partial charge in [-0.1, -0.05) is 154 Å². The van der Waals surface area contributed by atoms with Gasteiger partial charge in [0.05, 0.1) is 5.69 Å². The minimum Gasteiger partial charge on any atom is -0.435 e. The Morgan fingerprint density at radius 3 is 1.94 bits per heavy atom. The van der Waals surface area contributed by atoms with Crippen molar-refractivity contribution in [2.45, 2.75) is 26.2 Å². The molecule has 1 aliphatic carbocycles. The Morgan fingerprint density at radius 2 is 1.13 bits per heavy atom. The van der Waals surface area contributed by atoms with Crippen LogP contribution >= 0.6 is 0 Å². The van der Waals surface area contributed by atoms with E-state index in [-0.39, 0.29) is 5.41 Å². The molecule has 54 heavy (non-hydrogen) atoms. The highest BCUT2D eigenvalue weighted by Crippen LogP contribution is 2.51. The van der Waals surface area contributed by atoms with Gasteiger partial charge in [0.25, 0.3) is 0 Å². The van der Waals surface area contributed by atoms with E-state index in [0.29, 0.717) is 5.89 Å². The first-order valence-electron chi connectivity index (χ1n) is 18.6. The van der Waals surface area contributed by atoms with Crippen molar-refractivity contribution in [1.82, 2.24) is 4.98 Å². The number of hydrogen-bond donors (Lipinski definition) is 0. The van der Waals surface area contributed by atoms with Crippen LogP contribution in [0.25, 0.3) is 77.8 Å². The lowest BCUT2D eigenvalue weighted by Gasteiger charge is -2.27. The number of hydrogen-bond acceptors (Lipinski definition) is 3. The van der Waals surface area contributed by atoms with Gasteiger partial charge in [-0.3, -0.25) is 0 Å². The summed E-state index contributed by atoms with van der Waals surface area (Å²) in [6.45, 7) is 6.70. The number of rotatable bonds is 6. The fourth-order valence-electron chi connectivity index (χ4n) is 8.04. The van der Waals surface area contributed by atoms with Crippen LogP contribution in [0.15, 0.2) is 180 Å². The van der Waals surface area contributed by atoms with Crippen molar-refractivity contribution < 1.29 is 4.42 Å². The normalized spacial score (nSPS) is 12.0. The third-order valence-electron chi connectivity index (χ3n) is 10.8. The van der Waals surface area contributed by atoms with Crippen LogP contribution in [0, 0.1) is 0 Å². The van der Waals surface area contributed by atoms with E-state index in [1.54, 1.807) is 0 Å². The van der Waals surface area contributed by atoms with E-state index < -0.39 is 0 Å². The van der Waals surface area contributed by atoms with Gasteiger partial charge < -0.3 is 9.32 Å². The lowest BCUT2D eigenvalue weighted by Crippen LogP contribution is -2.10. The molecule has 0 N–H and O–H groups in total. The molecule has 0 atom stereocenters. The van der Waals surface area contributed by atoms with Crippen LogP contribution < -0.4 is 4.90 Å². The summed E-state index contributed by atoms with van der Waals surface area (Å²) < 4.78 is 6.56. The summed E-state index contributed by atoms with van der Waals surface area (Å²) in [5, 5.41) is 4.79. The smallest absolute Gasteiger partial charge is 0.227 e. The Labute approximate surface area is 315 Å². The largest absolute Gasteiger partial charge is 0.435 e. The average Bonchev–Trinajstić information content (AvgIpc) is 3.78. The highest BCUT2D eigenvalue weighted by atomic mass is 16.4. The summed E-state index contributed by atoms with van der Waals surface area (Å²) >= 11 is 0. The zero-order valence-electron chi connectivity index (χ0n) is 30.5. The number of nitrogens with zero attached hydrogens (tertiary/aromatic N) is 2. The fourth-order valence-corrected chi connectivity index (χ4v) is 8.04. The first kappa shape index (κ1) is 32.0. The Kier molecular flexibility index (Phi) is 7.38. The van der Waals surface area contributed by atoms with Crippen LogP contribution in [0.3, 0.4) is 0 Å². The van der Waals surface area contributed by atoms with Crippen molar-refractivity contribution in [3.63, 3.8) is 0 Å². The van der Waals surface area contributed by atoms with Crippen LogP contribution in [0.4, 0.5) is 17.1 Å². The maximum Gasteiger partial charge on any atom is 0.227 e. The van der Waals surface area contributed by atoms with E-state index >= 15 is 0 Å². The van der Waals surface area contributed by atoms with Crippen LogP contribution in [0.2, 0.25) is 0 Å². The van der Waals surface area contributed by atoms with Gasteiger partial charge >= 0.3 is 0 Å². The van der Waals surface area contributed by atoms with E-state index in [2.05, 4.69) is 202 Å². The highest BCUT2D eigenvalue weighted by Gasteiger charge is 2.29. The third kappa shape index (κ3) is 5.31. The standard InChI is InChI=1S/C51H38N2O/c1-51(2,3)38-26-22-36(23-27-38)50-52-48-44-31-30-41(43-19-11-20-45(47(43)44)49(48)54-50)37-16-9-17-40(32-37)53(46-21-10-15-35-14-7-8-18-42(35)46)39-28-24-34(25-29-39)33-12-5-4-6-13-33/h4-32H,1-3H3. The molecule has 0 bridgehead atoms. The van der Waals surface area contributed by atoms with Crippen molar-refractivity contribution in [1.29, 1.82) is 0 Å². The summed E-state index contributed by atoms with van der Waals surface area (Å²) in [6.07, 6.45) is 0. The third-order valence-corrected chi connectivity index (χ3v) is 10.8. The molecule has 0 saturated carbocycles. The molecule has 3 heteroatoms. The molecule has 1 aliphatic rings. The van der Waals surface area contributed by atoms with Gasteiger partial charge in [0, 0.05) is 38.8 Å². The Morgan fingerprint density at radius 1 is 0.481 bits per heavy atom. The maximum absolute atomic E-state index is 6.56. The molecule has 8 aromatic carbocycles. The second-order valence-electron chi connectivity index (χ2n) is 15.2. The predicted molar refractivity (Wildman–Crippen MR) is 226 cm³/mol. The molecule has 0 aliphatic heterocycles. The first-order chi connectivity index (χ1) is 26.4. The molecule has 1 heterocycles. The van der Waals surface area contributed by atoms with Crippen LogP contribution in [-0.2, 0) is 5.41 Å². The van der Waals surface area contributed by atoms with Gasteiger partial charge in [0.1, 0.15) is 5.69 Å². The molecule has 0 amide bonds. The first-order valence-corrected chi connectivity index (χ1v) is 18.6. The molecule has 1 aromatic heterocycles. The van der Waals surface area contributed by atoms with E-state index in [1.807, 2.05) is 0 Å². The lowest BCUT2D eigenvalue weighted by molar-refractivity contribution is 0.585. The van der Waals surface area contributed by atoms with Gasteiger partial charge in [0.15, 0.2) is 5.76 Å². The number of benzene rings is 8. The molecule has 0 unspecified atom stereocenters. The van der Waals surface area contributed by atoms with Crippen molar-refractivity contribution in [3.05, 3.63) is 181 Å². The lowest BCUT2D eigenvalue weighted by atomic mass is 9.87. The fraction of sp³-hybridized carbons (Fsp3) is 0.0784. The summed E-state index contributed by atoms with van der Waals surface area (Å²) in [5.74, 6) is 1.50. The molecular formula is C51H38N2O. The summed E-state index contributed by atoms with van der Waals surface area (Å²) in [6, 6.07) is 63.2. The molecule has 9 aromatic rings. The van der Waals surface area contributed by atoms with Gasteiger partial charge in [-0.15, -0.1) is 0 Å². The van der Waals surface area contributed by atoms with Gasteiger partial charge in [-0.05, 0) is 86.5 Å². The molecule has 0 radical (unpaired) electrons. The molecule has 258 valence electrons. The maximum atomic E-state index is 6.56. The van der Waals surface area contributed by atoms with Gasteiger partial charge in [-0.2, -0.15) is 0 Å². The second-order valence-corrected chi connectivity index (χ2v) is 15.2. The Hall–Kier alpha value is -6.71. The minimum absolute atomic E-state index is 0.0883. The number of anilines is 3.